The maximum absolute atomic E-state index is 12.3. The van der Waals surface area contributed by atoms with Crippen molar-refractivity contribution in [3.8, 4) is 0 Å². The van der Waals surface area contributed by atoms with E-state index in [2.05, 4.69) is 17.4 Å². The van der Waals surface area contributed by atoms with Gasteiger partial charge in [-0.3, -0.25) is 4.79 Å². The molecule has 6 heteroatoms. The maximum Gasteiger partial charge on any atom is 0.234 e. The zero-order valence-electron chi connectivity index (χ0n) is 11.1. The summed E-state index contributed by atoms with van der Waals surface area (Å²) in [6.07, 6.45) is 3.23. The fraction of sp³-hybridized carbons (Fsp3) is 0.833. The van der Waals surface area contributed by atoms with E-state index in [0.717, 1.165) is 24.3 Å². The van der Waals surface area contributed by atoms with Crippen molar-refractivity contribution in [2.45, 2.75) is 45.6 Å². The Morgan fingerprint density at radius 3 is 2.67 bits per heavy atom. The van der Waals surface area contributed by atoms with Gasteiger partial charge in [-0.1, -0.05) is 24.9 Å². The van der Waals surface area contributed by atoms with Crippen LogP contribution < -0.4 is 11.1 Å². The molecule has 1 fully saturated rings. The average molecular weight is 273 g/mol. The lowest BCUT2D eigenvalue weighted by molar-refractivity contribution is -0.127. The fourth-order valence-corrected chi connectivity index (χ4v) is 3.04. The molecule has 1 aliphatic rings. The van der Waals surface area contributed by atoms with Gasteiger partial charge in [-0.15, -0.1) is 0 Å². The number of amides is 1. The smallest absolute Gasteiger partial charge is 0.234 e. The zero-order chi connectivity index (χ0) is 13.6. The van der Waals surface area contributed by atoms with Crippen LogP contribution in [0.5, 0.6) is 0 Å². The number of hydrogen-bond donors (Lipinski definition) is 3. The number of nitrogens with one attached hydrogen (secondary N) is 1. The topological polar surface area (TPSA) is 87.7 Å². The Kier molecular flexibility index (Phi) is 5.78. The first-order valence-electron chi connectivity index (χ1n) is 6.43. The molecule has 0 aromatic rings. The first-order valence-corrected chi connectivity index (χ1v) is 7.59. The molecule has 0 spiro atoms. The molecule has 1 unspecified atom stereocenters. The van der Waals surface area contributed by atoms with E-state index in [9.17, 15) is 4.79 Å². The van der Waals surface area contributed by atoms with Crippen LogP contribution in [0, 0.1) is 5.41 Å². The Balaban J connectivity index is 2.67. The van der Waals surface area contributed by atoms with E-state index in [1.54, 1.807) is 11.8 Å². The summed E-state index contributed by atoms with van der Waals surface area (Å²) >= 11 is 1.79. The lowest BCUT2D eigenvalue weighted by atomic mass is 9.83. The molecule has 1 amide bonds. The van der Waals surface area contributed by atoms with Gasteiger partial charge in [0.1, 0.15) is 5.41 Å². The highest BCUT2D eigenvalue weighted by molar-refractivity contribution is 7.99. The number of carbonyl (C=O) groups is 1. The number of oxime groups is 1. The molecule has 4 N–H and O–H groups in total. The molecule has 1 rings (SSSR count). The van der Waals surface area contributed by atoms with Crippen LogP contribution in [0.15, 0.2) is 5.16 Å². The van der Waals surface area contributed by atoms with Crippen LogP contribution >= 0.6 is 11.8 Å². The third-order valence-corrected chi connectivity index (χ3v) is 4.58. The molecule has 1 aliphatic carbocycles. The van der Waals surface area contributed by atoms with E-state index >= 15 is 0 Å². The number of hydrogen-bond acceptors (Lipinski definition) is 4. The van der Waals surface area contributed by atoms with Crippen LogP contribution in [0.2, 0.25) is 0 Å². The molecule has 5 nitrogen and oxygen atoms in total. The van der Waals surface area contributed by atoms with Crippen LogP contribution in [0.1, 0.15) is 39.5 Å². The summed E-state index contributed by atoms with van der Waals surface area (Å²) in [4.78, 5) is 12.3. The van der Waals surface area contributed by atoms with Crippen molar-refractivity contribution in [1.82, 2.24) is 5.32 Å². The normalized spacial score (nSPS) is 20.7. The van der Waals surface area contributed by atoms with Gasteiger partial charge < -0.3 is 16.3 Å². The van der Waals surface area contributed by atoms with Gasteiger partial charge in [0, 0.05) is 11.8 Å². The molecule has 1 saturated carbocycles. The van der Waals surface area contributed by atoms with Gasteiger partial charge in [0.2, 0.25) is 5.91 Å². The zero-order valence-corrected chi connectivity index (χ0v) is 11.9. The van der Waals surface area contributed by atoms with E-state index in [1.807, 2.05) is 6.92 Å². The molecule has 0 radical (unpaired) electrons. The summed E-state index contributed by atoms with van der Waals surface area (Å²) in [5.74, 6) is 1.87. The first kappa shape index (κ1) is 15.1. The summed E-state index contributed by atoms with van der Waals surface area (Å²) in [5, 5.41) is 14.9. The highest BCUT2D eigenvalue weighted by atomic mass is 32.2. The van der Waals surface area contributed by atoms with E-state index in [-0.39, 0.29) is 17.8 Å². The average Bonchev–Trinajstić information content (AvgIpc) is 2.85. The van der Waals surface area contributed by atoms with E-state index in [4.69, 9.17) is 10.9 Å². The summed E-state index contributed by atoms with van der Waals surface area (Å²) in [6.45, 7) is 4.07. The molecular formula is C12H23N3O2S. The summed E-state index contributed by atoms with van der Waals surface area (Å²) in [6, 6.07) is 0.103. The Labute approximate surface area is 113 Å². The molecular weight excluding hydrogens is 250 g/mol. The lowest BCUT2D eigenvalue weighted by Gasteiger charge is -2.27. The van der Waals surface area contributed by atoms with Crippen molar-refractivity contribution in [2.24, 2.45) is 16.3 Å². The molecule has 0 aliphatic heterocycles. The Morgan fingerprint density at radius 2 is 2.17 bits per heavy atom. The quantitative estimate of drug-likeness (QED) is 0.296. The monoisotopic (exact) mass is 273 g/mol. The van der Waals surface area contributed by atoms with Crippen LogP contribution in [-0.2, 0) is 4.79 Å². The standard InChI is InChI=1S/C12H23N3O2S/c1-3-18-8-9(2)14-11(16)12(10(13)15-17)6-4-5-7-12/h9,17H,3-8H2,1-2H3,(H2,13,15)(H,14,16). The maximum atomic E-state index is 12.3. The summed E-state index contributed by atoms with van der Waals surface area (Å²) < 4.78 is 0. The third-order valence-electron chi connectivity index (χ3n) is 3.44. The Bertz CT molecular complexity index is 314. The van der Waals surface area contributed by atoms with Gasteiger partial charge in [-0.2, -0.15) is 11.8 Å². The Morgan fingerprint density at radius 1 is 1.56 bits per heavy atom. The van der Waals surface area contributed by atoms with Crippen molar-refractivity contribution in [2.75, 3.05) is 11.5 Å². The van der Waals surface area contributed by atoms with Crippen molar-refractivity contribution >= 4 is 23.5 Å². The second kappa shape index (κ2) is 6.87. The molecule has 0 bridgehead atoms. The van der Waals surface area contributed by atoms with E-state index in [0.29, 0.717) is 12.8 Å². The Hall–Kier alpha value is -0.910. The number of nitrogens with zero attached hydrogens (tertiary/aromatic N) is 1. The molecule has 18 heavy (non-hydrogen) atoms. The lowest BCUT2D eigenvalue weighted by Crippen LogP contribution is -2.51. The highest BCUT2D eigenvalue weighted by Gasteiger charge is 2.45. The van der Waals surface area contributed by atoms with Crippen LogP contribution in [0.25, 0.3) is 0 Å². The third kappa shape index (κ3) is 3.31. The van der Waals surface area contributed by atoms with Gasteiger partial charge in [-0.05, 0) is 25.5 Å². The second-order valence-corrected chi connectivity index (χ2v) is 6.13. The fourth-order valence-electron chi connectivity index (χ4n) is 2.37. The first-order chi connectivity index (χ1) is 8.56. The van der Waals surface area contributed by atoms with E-state index < -0.39 is 5.41 Å². The largest absolute Gasteiger partial charge is 0.409 e. The number of carbonyl (C=O) groups excluding carboxylic acids is 1. The SMILES string of the molecule is CCSCC(C)NC(=O)C1(C(N)=NO)CCCC1. The summed E-state index contributed by atoms with van der Waals surface area (Å²) in [7, 11) is 0. The second-order valence-electron chi connectivity index (χ2n) is 4.81. The molecule has 0 heterocycles. The van der Waals surface area contributed by atoms with Gasteiger partial charge in [0.25, 0.3) is 0 Å². The van der Waals surface area contributed by atoms with Crippen LogP contribution in [0.4, 0.5) is 0 Å². The van der Waals surface area contributed by atoms with Crippen LogP contribution in [-0.4, -0.2) is 34.5 Å². The minimum Gasteiger partial charge on any atom is -0.409 e. The van der Waals surface area contributed by atoms with Gasteiger partial charge in [0.15, 0.2) is 5.84 Å². The number of thioether (sulfide) groups is 1. The van der Waals surface area contributed by atoms with Crippen molar-refractivity contribution < 1.29 is 10.0 Å². The van der Waals surface area contributed by atoms with Crippen LogP contribution in [0.3, 0.4) is 0 Å². The van der Waals surface area contributed by atoms with Crippen molar-refractivity contribution in [3.63, 3.8) is 0 Å². The predicted molar refractivity (Wildman–Crippen MR) is 74.9 cm³/mol. The molecule has 0 aromatic carbocycles. The van der Waals surface area contributed by atoms with Gasteiger partial charge in [0.05, 0.1) is 0 Å². The summed E-state index contributed by atoms with van der Waals surface area (Å²) in [5.41, 5.74) is 4.93. The number of nitrogens with two attached hydrogens (primary N) is 1. The number of rotatable bonds is 6. The minimum atomic E-state index is -0.792. The predicted octanol–water partition coefficient (Wildman–Crippen LogP) is 1.55. The molecule has 0 saturated heterocycles. The van der Waals surface area contributed by atoms with Crippen molar-refractivity contribution in [3.05, 3.63) is 0 Å². The van der Waals surface area contributed by atoms with Gasteiger partial charge >= 0.3 is 0 Å². The molecule has 1 atom stereocenters. The molecule has 0 aromatic heterocycles. The highest BCUT2D eigenvalue weighted by Crippen LogP contribution is 2.38. The molecule has 104 valence electrons. The minimum absolute atomic E-state index is 0.0489. The van der Waals surface area contributed by atoms with Crippen molar-refractivity contribution in [1.29, 1.82) is 0 Å². The van der Waals surface area contributed by atoms with E-state index in [1.165, 1.54) is 0 Å². The number of amidine groups is 1. The van der Waals surface area contributed by atoms with Gasteiger partial charge in [-0.25, -0.2) is 0 Å².